The smallest absolute Gasteiger partial charge is 0.406 e. The number of fused-ring (bicyclic) bond motifs is 2. The van der Waals surface area contributed by atoms with Gasteiger partial charge in [-0.25, -0.2) is 4.39 Å². The molecule has 15 nitrogen and oxygen atoms in total. The Morgan fingerprint density at radius 3 is 2.51 bits per heavy atom. The quantitative estimate of drug-likeness (QED) is 0.0225. The van der Waals surface area contributed by atoms with Gasteiger partial charge in [-0.3, -0.25) is 19.4 Å². The molecule has 4 heterocycles. The number of ether oxygens (including phenoxy) is 2. The Morgan fingerprint density at radius 2 is 1.78 bits per heavy atom. The van der Waals surface area contributed by atoms with Crippen molar-refractivity contribution in [3.63, 3.8) is 0 Å². The molecule has 19 heteroatoms. The lowest BCUT2D eigenvalue weighted by molar-refractivity contribution is -0.140. The van der Waals surface area contributed by atoms with Crippen LogP contribution in [0.15, 0.2) is 79.0 Å². The van der Waals surface area contributed by atoms with Gasteiger partial charge in [-0.05, 0) is 98.7 Å². The number of rotatable bonds is 22. The van der Waals surface area contributed by atoms with Crippen molar-refractivity contribution >= 4 is 45.7 Å². The molecule has 7 rings (SSSR count). The Kier molecular flexibility index (Phi) is 19.9. The van der Waals surface area contributed by atoms with Gasteiger partial charge in [-0.15, -0.1) is 0 Å². The van der Waals surface area contributed by atoms with Crippen LogP contribution >= 0.6 is 0 Å². The largest absolute Gasteiger partial charge is 0.495 e. The number of benzene rings is 3. The van der Waals surface area contributed by atoms with Gasteiger partial charge in [0, 0.05) is 73.3 Å². The Morgan fingerprint density at radius 1 is 0.974 bits per heavy atom. The third kappa shape index (κ3) is 15.5. The molecule has 408 valence electrons. The Balaban J connectivity index is 0.786. The summed E-state index contributed by atoms with van der Waals surface area (Å²) < 4.78 is 69.1. The number of amides is 3. The van der Waals surface area contributed by atoms with Gasteiger partial charge >= 0.3 is 6.18 Å². The molecule has 0 aliphatic carbocycles. The first-order chi connectivity index (χ1) is 36.5. The number of hydrogen-bond donors (Lipinski definition) is 6. The molecule has 0 unspecified atom stereocenters. The van der Waals surface area contributed by atoms with Crippen LogP contribution in [0.2, 0.25) is 0 Å². The summed E-state index contributed by atoms with van der Waals surface area (Å²) in [5, 5.41) is 25.6. The first kappa shape index (κ1) is 56.7. The highest BCUT2D eigenvalue weighted by Gasteiger charge is 2.34. The molecule has 4 atom stereocenters. The average Bonchev–Trinajstić information content (AvgIpc) is 3.74. The lowest BCUT2D eigenvalue weighted by Crippen LogP contribution is -2.54. The van der Waals surface area contributed by atoms with Gasteiger partial charge in [0.15, 0.2) is 0 Å². The summed E-state index contributed by atoms with van der Waals surface area (Å²) in [5.74, 6) is 6.49. The maximum Gasteiger partial charge on any atom is 0.406 e. The number of aliphatic hydroxyl groups excluding tert-OH is 1. The van der Waals surface area contributed by atoms with Crippen LogP contribution in [0.3, 0.4) is 0 Å². The fraction of sp³-hybridized carbons (Fsp3) is 0.474. The number of alkyl halides is 4. The Labute approximate surface area is 442 Å². The van der Waals surface area contributed by atoms with Crippen LogP contribution in [0.5, 0.6) is 11.5 Å². The van der Waals surface area contributed by atoms with Crippen molar-refractivity contribution in [2.24, 2.45) is 5.92 Å². The number of nitrogens with one attached hydrogen (secondary N) is 5. The molecule has 3 amide bonds. The zero-order valence-electron chi connectivity index (χ0n) is 44.0. The lowest BCUT2D eigenvalue weighted by Gasteiger charge is -2.37. The maximum atomic E-state index is 14.9. The van der Waals surface area contributed by atoms with Gasteiger partial charge in [0.1, 0.15) is 36.9 Å². The molecule has 1 fully saturated rings. The molecule has 5 aromatic rings. The number of nitrogens with zero attached hydrogens (tertiary/aromatic N) is 4. The second-order valence-corrected chi connectivity index (χ2v) is 20.0. The highest BCUT2D eigenvalue weighted by atomic mass is 19.4. The van der Waals surface area contributed by atoms with Gasteiger partial charge in [-0.1, -0.05) is 57.2 Å². The van der Waals surface area contributed by atoms with E-state index in [0.29, 0.717) is 78.2 Å². The molecule has 2 aliphatic heterocycles. The van der Waals surface area contributed by atoms with E-state index < -0.39 is 31.0 Å². The standard InChI is InChI=1S/C57H71F4N9O6/c1-37(2)54-56(74)66-42(34-71)27-39-18-21-44(30-51(39)69(54)4)76-35-38-17-20-41(64-31-38)32-65-53(72)16-9-7-6-8-10-24-63-55(73)40-19-22-49(52(28-40)75-5)62-25-12-13-43-29-45-47(67-48-23-26-68(3)33-46(48)58)14-11-15-50(45)70(43)36-57(59,60)61/h11,14-15,17-22,28-31,37,42,46,48,54,62,67,71H,6-10,16,23-27,32-36H2,1-5H3,(H,63,73)(H,65,72)(H,66,74)/t42-,46+,48-,54-/m1/s1. The molecule has 0 saturated carbocycles. The molecule has 6 N–H and O–H groups in total. The summed E-state index contributed by atoms with van der Waals surface area (Å²) >= 11 is 0. The van der Waals surface area contributed by atoms with E-state index in [-0.39, 0.29) is 61.7 Å². The first-order valence-electron chi connectivity index (χ1n) is 26.1. The first-order valence-corrected chi connectivity index (χ1v) is 26.1. The van der Waals surface area contributed by atoms with Gasteiger partial charge in [0.05, 0.1) is 61.5 Å². The van der Waals surface area contributed by atoms with Gasteiger partial charge in [-0.2, -0.15) is 13.2 Å². The number of carbonyl (C=O) groups is 3. The number of aromatic nitrogens is 2. The van der Waals surface area contributed by atoms with Crippen molar-refractivity contribution in [2.45, 2.75) is 115 Å². The zero-order chi connectivity index (χ0) is 54.4. The molecular weight excluding hydrogens is 983 g/mol. The normalized spacial score (nSPS) is 17.9. The summed E-state index contributed by atoms with van der Waals surface area (Å²) in [7, 11) is 5.24. The third-order valence-electron chi connectivity index (χ3n) is 13.8. The van der Waals surface area contributed by atoms with Crippen molar-refractivity contribution in [3.05, 3.63) is 107 Å². The van der Waals surface area contributed by atoms with Crippen LogP contribution in [0.4, 0.5) is 34.6 Å². The SMILES string of the molecule is COc1cc(C(=O)NCCCCCCCC(=O)NCc2ccc(COc3ccc4c(c3)N(C)[C@H](C(C)C)C(=O)N[C@@H](CO)C4)cn2)ccc1NCC#Cc1cc2c(N[C@@H]3CCN(C)C[C@@H]3F)cccc2n1CC(F)(F)F. The van der Waals surface area contributed by atoms with Crippen molar-refractivity contribution in [3.8, 4) is 23.3 Å². The predicted octanol–water partition coefficient (Wildman–Crippen LogP) is 7.98. The molecule has 0 spiro atoms. The number of likely N-dealkylation sites (tertiary alicyclic amines) is 1. The number of methoxy groups -OCH3 is 1. The monoisotopic (exact) mass is 1050 g/mol. The molecule has 0 radical (unpaired) electrons. The van der Waals surface area contributed by atoms with E-state index in [2.05, 4.69) is 43.4 Å². The second kappa shape index (κ2) is 26.6. The van der Waals surface area contributed by atoms with E-state index in [9.17, 15) is 37.1 Å². The molecule has 76 heavy (non-hydrogen) atoms. The van der Waals surface area contributed by atoms with Crippen LogP contribution < -0.4 is 41.0 Å². The van der Waals surface area contributed by atoms with Gasteiger partial charge in [0.25, 0.3) is 5.91 Å². The van der Waals surface area contributed by atoms with Gasteiger partial charge in [0.2, 0.25) is 11.8 Å². The second-order valence-electron chi connectivity index (χ2n) is 20.0. The minimum absolute atomic E-state index is 0.0455. The maximum absolute atomic E-state index is 14.9. The highest BCUT2D eigenvalue weighted by Crippen LogP contribution is 2.34. The molecule has 1 saturated heterocycles. The van der Waals surface area contributed by atoms with Crippen molar-refractivity contribution < 1.29 is 46.5 Å². The fourth-order valence-electron chi connectivity index (χ4n) is 9.79. The van der Waals surface area contributed by atoms with Crippen LogP contribution in [0, 0.1) is 17.8 Å². The van der Waals surface area contributed by atoms with E-state index in [1.807, 2.05) is 68.1 Å². The number of unbranched alkanes of at least 4 members (excludes halogenated alkanes) is 4. The third-order valence-corrected chi connectivity index (χ3v) is 13.8. The van der Waals surface area contributed by atoms with Crippen LogP contribution in [-0.2, 0) is 35.7 Å². The number of hydrogen-bond acceptors (Lipinski definition) is 11. The topological polar surface area (TPSA) is 174 Å². The van der Waals surface area contributed by atoms with Crippen molar-refractivity contribution in [1.82, 2.24) is 30.4 Å². The van der Waals surface area contributed by atoms with Crippen LogP contribution in [0.1, 0.15) is 91.7 Å². The molecule has 2 aliphatic rings. The predicted molar refractivity (Wildman–Crippen MR) is 287 cm³/mol. The van der Waals surface area contributed by atoms with E-state index in [1.165, 1.54) is 7.11 Å². The highest BCUT2D eigenvalue weighted by molar-refractivity contribution is 5.95. The molecule has 0 bridgehead atoms. The lowest BCUT2D eigenvalue weighted by atomic mass is 9.95. The van der Waals surface area contributed by atoms with E-state index >= 15 is 0 Å². The molecule has 2 aromatic heterocycles. The summed E-state index contributed by atoms with van der Waals surface area (Å²) in [6.45, 7) is 4.75. The zero-order valence-corrected chi connectivity index (χ0v) is 44.0. The summed E-state index contributed by atoms with van der Waals surface area (Å²) in [4.78, 5) is 47.0. The van der Waals surface area contributed by atoms with Gasteiger partial charge < -0.3 is 55.5 Å². The number of anilines is 3. The number of piperidine rings is 1. The fourth-order valence-corrected chi connectivity index (χ4v) is 9.79. The summed E-state index contributed by atoms with van der Waals surface area (Å²) in [6.07, 6.45) is 1.75. The minimum atomic E-state index is -4.50. The number of halogens is 4. The Bertz CT molecular complexity index is 2830. The van der Waals surface area contributed by atoms with Crippen LogP contribution in [0.25, 0.3) is 10.9 Å². The van der Waals surface area contributed by atoms with E-state index in [1.54, 1.807) is 48.7 Å². The van der Waals surface area contributed by atoms with Crippen LogP contribution in [-0.4, -0.2) is 122 Å². The van der Waals surface area contributed by atoms with Crippen molar-refractivity contribution in [2.75, 3.05) is 69.5 Å². The summed E-state index contributed by atoms with van der Waals surface area (Å²) in [5.41, 5.74) is 5.52. The minimum Gasteiger partial charge on any atom is -0.495 e. The number of likely N-dealkylation sites (N-methyl/N-ethyl adjacent to an activating group) is 1. The number of pyridine rings is 1. The number of aliphatic hydroxyl groups is 1. The molecule has 3 aromatic carbocycles. The van der Waals surface area contributed by atoms with E-state index in [4.69, 9.17) is 9.47 Å². The van der Waals surface area contributed by atoms with Crippen molar-refractivity contribution in [1.29, 1.82) is 0 Å². The Hall–Kier alpha value is -7.04. The van der Waals surface area contributed by atoms with E-state index in [0.717, 1.165) is 59.2 Å². The number of carbonyl (C=O) groups excluding carboxylic acids is 3. The summed E-state index contributed by atoms with van der Waals surface area (Å²) in [6, 6.07) is 19.9. The average molecular weight is 1050 g/mol. The molecular formula is C57H71F4N9O6.